The van der Waals surface area contributed by atoms with Crippen LogP contribution in [-0.2, 0) is 6.54 Å². The van der Waals surface area contributed by atoms with Crippen molar-refractivity contribution < 1.29 is 4.74 Å². The van der Waals surface area contributed by atoms with Crippen LogP contribution in [0.4, 0.5) is 0 Å². The average Bonchev–Trinajstić information content (AvgIpc) is 2.89. The molecule has 0 heterocycles. The number of hydrogen-bond donors (Lipinski definition) is 1. The number of ether oxygens (including phenoxy) is 1. The Kier molecular flexibility index (Phi) is 5.26. The molecule has 0 aliphatic heterocycles. The van der Waals surface area contributed by atoms with Gasteiger partial charge in [-0.3, -0.25) is 0 Å². The lowest BCUT2D eigenvalue weighted by atomic mass is 9.99. The summed E-state index contributed by atoms with van der Waals surface area (Å²) in [6.45, 7) is 7.39. The van der Waals surface area contributed by atoms with Crippen LogP contribution in [0.2, 0.25) is 0 Å². The first-order valence-electron chi connectivity index (χ1n) is 7.64. The highest BCUT2D eigenvalue weighted by Gasteiger charge is 2.20. The standard InChI is InChI=1S/C17H27NO/c1-13(2)19-17-10-6-7-15(11-17)12-18-14(3)16-8-4-5-9-16/h6-7,10-11,13-14,16,18H,4-5,8-9,12H2,1-3H3/t14-/m1/s1. The van der Waals surface area contributed by atoms with Gasteiger partial charge in [-0.15, -0.1) is 0 Å². The van der Waals surface area contributed by atoms with Crippen molar-refractivity contribution in [2.24, 2.45) is 5.92 Å². The second-order valence-electron chi connectivity index (χ2n) is 6.03. The molecular weight excluding hydrogens is 234 g/mol. The third-order valence-electron chi connectivity index (χ3n) is 4.01. The van der Waals surface area contributed by atoms with E-state index in [0.717, 1.165) is 18.2 Å². The Labute approximate surface area is 117 Å². The van der Waals surface area contributed by atoms with Crippen molar-refractivity contribution in [1.82, 2.24) is 5.32 Å². The Morgan fingerprint density at radius 2 is 1.95 bits per heavy atom. The molecule has 0 amide bonds. The molecule has 0 bridgehead atoms. The van der Waals surface area contributed by atoms with Crippen molar-refractivity contribution in [3.8, 4) is 5.75 Å². The topological polar surface area (TPSA) is 21.3 Å². The number of nitrogens with one attached hydrogen (secondary N) is 1. The summed E-state index contributed by atoms with van der Waals surface area (Å²) in [6, 6.07) is 9.05. The van der Waals surface area contributed by atoms with Gasteiger partial charge in [0.15, 0.2) is 0 Å². The molecule has 1 fully saturated rings. The van der Waals surface area contributed by atoms with Crippen LogP contribution in [0.15, 0.2) is 24.3 Å². The molecule has 1 aromatic carbocycles. The van der Waals surface area contributed by atoms with E-state index in [-0.39, 0.29) is 6.10 Å². The van der Waals surface area contributed by atoms with Crippen molar-refractivity contribution >= 4 is 0 Å². The highest BCUT2D eigenvalue weighted by molar-refractivity contribution is 5.28. The minimum atomic E-state index is 0.237. The zero-order valence-corrected chi connectivity index (χ0v) is 12.5. The summed E-state index contributed by atoms with van der Waals surface area (Å²) in [6.07, 6.45) is 5.85. The minimum Gasteiger partial charge on any atom is -0.491 e. The van der Waals surface area contributed by atoms with Gasteiger partial charge in [0.05, 0.1) is 6.10 Å². The summed E-state index contributed by atoms with van der Waals surface area (Å²) < 4.78 is 5.73. The molecule has 1 aromatic rings. The second-order valence-corrected chi connectivity index (χ2v) is 6.03. The van der Waals surface area contributed by atoms with Crippen LogP contribution in [0.3, 0.4) is 0 Å². The monoisotopic (exact) mass is 261 g/mol. The molecule has 19 heavy (non-hydrogen) atoms. The van der Waals surface area contributed by atoms with Crippen LogP contribution in [0.5, 0.6) is 5.75 Å². The molecule has 106 valence electrons. The molecule has 0 saturated heterocycles. The number of benzene rings is 1. The third kappa shape index (κ3) is 4.54. The van der Waals surface area contributed by atoms with Gasteiger partial charge in [0.1, 0.15) is 5.75 Å². The van der Waals surface area contributed by atoms with Crippen LogP contribution >= 0.6 is 0 Å². The van der Waals surface area contributed by atoms with E-state index in [1.54, 1.807) is 0 Å². The van der Waals surface area contributed by atoms with Crippen molar-refractivity contribution in [2.75, 3.05) is 0 Å². The maximum atomic E-state index is 5.73. The van der Waals surface area contributed by atoms with E-state index in [9.17, 15) is 0 Å². The highest BCUT2D eigenvalue weighted by atomic mass is 16.5. The molecule has 1 saturated carbocycles. The summed E-state index contributed by atoms with van der Waals surface area (Å²) >= 11 is 0. The van der Waals surface area contributed by atoms with E-state index in [1.165, 1.54) is 31.2 Å². The Morgan fingerprint density at radius 3 is 2.63 bits per heavy atom. The molecule has 0 radical (unpaired) electrons. The van der Waals surface area contributed by atoms with Gasteiger partial charge in [-0.2, -0.15) is 0 Å². The molecule has 1 aliphatic carbocycles. The smallest absolute Gasteiger partial charge is 0.120 e. The van der Waals surface area contributed by atoms with Crippen molar-refractivity contribution in [3.63, 3.8) is 0 Å². The van der Waals surface area contributed by atoms with Crippen molar-refractivity contribution in [1.29, 1.82) is 0 Å². The zero-order valence-electron chi connectivity index (χ0n) is 12.5. The molecular formula is C17H27NO. The van der Waals surface area contributed by atoms with Crippen molar-refractivity contribution in [3.05, 3.63) is 29.8 Å². The summed E-state index contributed by atoms with van der Waals surface area (Å²) in [4.78, 5) is 0. The van der Waals surface area contributed by atoms with Gasteiger partial charge in [-0.1, -0.05) is 25.0 Å². The molecule has 1 N–H and O–H groups in total. The van der Waals surface area contributed by atoms with Gasteiger partial charge in [0.25, 0.3) is 0 Å². The van der Waals surface area contributed by atoms with E-state index in [0.29, 0.717) is 6.04 Å². The first-order chi connectivity index (χ1) is 9.15. The van der Waals surface area contributed by atoms with Crippen LogP contribution in [0.25, 0.3) is 0 Å². The molecule has 2 rings (SSSR count). The van der Waals surface area contributed by atoms with Gasteiger partial charge in [0.2, 0.25) is 0 Å². The molecule has 2 heteroatoms. The predicted octanol–water partition coefficient (Wildman–Crippen LogP) is 4.14. The summed E-state index contributed by atoms with van der Waals surface area (Å²) in [7, 11) is 0. The SMILES string of the molecule is CC(C)Oc1cccc(CN[C@H](C)C2CCCC2)c1. The quantitative estimate of drug-likeness (QED) is 0.831. The lowest BCUT2D eigenvalue weighted by Crippen LogP contribution is -2.31. The summed E-state index contributed by atoms with van der Waals surface area (Å²) in [5.74, 6) is 1.85. The van der Waals surface area contributed by atoms with E-state index in [1.807, 2.05) is 6.07 Å². The van der Waals surface area contributed by atoms with Gasteiger partial charge in [-0.05, 0) is 57.2 Å². The Morgan fingerprint density at radius 1 is 1.21 bits per heavy atom. The van der Waals surface area contributed by atoms with Gasteiger partial charge in [0, 0.05) is 12.6 Å². The normalized spacial score (nSPS) is 17.9. The molecule has 1 aliphatic rings. The van der Waals surface area contributed by atoms with Crippen LogP contribution in [-0.4, -0.2) is 12.1 Å². The van der Waals surface area contributed by atoms with Crippen LogP contribution in [0.1, 0.15) is 52.0 Å². The lowest BCUT2D eigenvalue weighted by molar-refractivity contribution is 0.242. The first kappa shape index (κ1) is 14.4. The number of rotatable bonds is 6. The average molecular weight is 261 g/mol. The maximum Gasteiger partial charge on any atom is 0.120 e. The van der Waals surface area contributed by atoms with E-state index >= 15 is 0 Å². The van der Waals surface area contributed by atoms with Gasteiger partial charge in [-0.25, -0.2) is 0 Å². The summed E-state index contributed by atoms with van der Waals surface area (Å²) in [5.41, 5.74) is 1.31. The first-order valence-corrected chi connectivity index (χ1v) is 7.64. The molecule has 0 spiro atoms. The predicted molar refractivity (Wildman–Crippen MR) is 80.5 cm³/mol. The molecule has 0 unspecified atom stereocenters. The summed E-state index contributed by atoms with van der Waals surface area (Å²) in [5, 5.41) is 3.67. The zero-order chi connectivity index (χ0) is 13.7. The fourth-order valence-electron chi connectivity index (χ4n) is 2.90. The Bertz CT molecular complexity index is 383. The van der Waals surface area contributed by atoms with E-state index in [4.69, 9.17) is 4.74 Å². The third-order valence-corrected chi connectivity index (χ3v) is 4.01. The Hall–Kier alpha value is -1.02. The molecule has 2 nitrogen and oxygen atoms in total. The Balaban J connectivity index is 1.84. The second kappa shape index (κ2) is 6.95. The minimum absolute atomic E-state index is 0.237. The fourth-order valence-corrected chi connectivity index (χ4v) is 2.90. The fraction of sp³-hybridized carbons (Fsp3) is 0.647. The van der Waals surface area contributed by atoms with Crippen LogP contribution in [0, 0.1) is 5.92 Å². The molecule has 0 aromatic heterocycles. The highest BCUT2D eigenvalue weighted by Crippen LogP contribution is 2.27. The largest absolute Gasteiger partial charge is 0.491 e. The lowest BCUT2D eigenvalue weighted by Gasteiger charge is -2.20. The van der Waals surface area contributed by atoms with E-state index < -0.39 is 0 Å². The number of hydrogen-bond acceptors (Lipinski definition) is 2. The van der Waals surface area contributed by atoms with Gasteiger partial charge >= 0.3 is 0 Å². The van der Waals surface area contributed by atoms with E-state index in [2.05, 4.69) is 44.3 Å². The van der Waals surface area contributed by atoms with Crippen molar-refractivity contribution in [2.45, 2.75) is 65.1 Å². The van der Waals surface area contributed by atoms with Gasteiger partial charge < -0.3 is 10.1 Å². The maximum absolute atomic E-state index is 5.73. The molecule has 1 atom stereocenters. The van der Waals surface area contributed by atoms with Crippen LogP contribution < -0.4 is 10.1 Å².